The van der Waals surface area contributed by atoms with Gasteiger partial charge in [0.05, 0.1) is 12.1 Å². The fraction of sp³-hybridized carbons (Fsp3) is 0.717. The number of carbonyl (C=O) groups is 7. The third kappa shape index (κ3) is 14.6. The molecule has 1 saturated heterocycles. The molecule has 0 radical (unpaired) electrons. The van der Waals surface area contributed by atoms with E-state index >= 15 is 0 Å². The Hall–Kier alpha value is -4.37. The number of nitrogens with zero attached hydrogens (tertiary/aromatic N) is 1. The summed E-state index contributed by atoms with van der Waals surface area (Å²) in [6.45, 7) is 20.4. The molecule has 6 amide bonds. The number of likely N-dealkylation sites (N-methyl/N-ethyl adjacent to an activating group) is 2. The number of nitrogens with one attached hydrogen (secondary N) is 7. The molecule has 1 unspecified atom stereocenters. The Morgan fingerprint density at radius 2 is 1.28 bits per heavy atom. The van der Waals surface area contributed by atoms with Gasteiger partial charge in [-0.15, -0.1) is 0 Å². The van der Waals surface area contributed by atoms with E-state index < -0.39 is 64.8 Å². The molecule has 1 fully saturated rings. The second-order valence-corrected chi connectivity index (χ2v) is 19.8. The molecule has 61 heavy (non-hydrogen) atoms. The number of hydrogen-bond donors (Lipinski definition) is 7. The molecule has 1 heterocycles. The molecule has 0 aromatic heterocycles. The number of benzene rings is 1. The summed E-state index contributed by atoms with van der Waals surface area (Å²) >= 11 is 0. The highest BCUT2D eigenvalue weighted by molar-refractivity contribution is 5.95. The van der Waals surface area contributed by atoms with Crippen LogP contribution < -0.4 is 37.2 Å². The van der Waals surface area contributed by atoms with Gasteiger partial charge in [0.2, 0.25) is 35.4 Å². The van der Waals surface area contributed by atoms with Gasteiger partial charge in [-0.2, -0.15) is 0 Å². The maximum atomic E-state index is 14.5. The average molecular weight is 853 g/mol. The van der Waals surface area contributed by atoms with Gasteiger partial charge in [0.1, 0.15) is 30.0 Å². The van der Waals surface area contributed by atoms with E-state index in [0.717, 1.165) is 12.8 Å². The van der Waals surface area contributed by atoms with Gasteiger partial charge in [-0.1, -0.05) is 79.7 Å². The quantitative estimate of drug-likeness (QED) is 0.109. The molecule has 7 N–H and O–H groups in total. The Morgan fingerprint density at radius 1 is 0.721 bits per heavy atom. The van der Waals surface area contributed by atoms with Crippen LogP contribution in [0.4, 0.5) is 0 Å². The topological polar surface area (TPSA) is 207 Å². The first-order chi connectivity index (χ1) is 28.4. The maximum absolute atomic E-state index is 14.5. The van der Waals surface area contributed by atoms with Crippen LogP contribution in [-0.2, 0) is 46.4 Å². The van der Waals surface area contributed by atoms with E-state index in [1.807, 2.05) is 74.4 Å². The first kappa shape index (κ1) is 51.0. The van der Waals surface area contributed by atoms with E-state index in [0.29, 0.717) is 6.42 Å². The van der Waals surface area contributed by atoms with Crippen molar-refractivity contribution < 1.29 is 33.6 Å². The van der Waals surface area contributed by atoms with Gasteiger partial charge in [-0.3, -0.25) is 33.6 Å². The molecule has 0 saturated carbocycles. The summed E-state index contributed by atoms with van der Waals surface area (Å²) in [5.74, 6) is -2.82. The molecule has 342 valence electrons. The van der Waals surface area contributed by atoms with E-state index in [1.165, 1.54) is 16.0 Å². The Kier molecular flexibility index (Phi) is 18.5. The molecule has 3 rings (SSSR count). The minimum atomic E-state index is -1.12. The highest BCUT2D eigenvalue weighted by Gasteiger charge is 2.46. The fourth-order valence-corrected chi connectivity index (χ4v) is 7.71. The van der Waals surface area contributed by atoms with Crippen molar-refractivity contribution in [2.24, 2.45) is 22.7 Å². The molecule has 1 aliphatic heterocycles. The lowest BCUT2D eigenvalue weighted by atomic mass is 9.85. The summed E-state index contributed by atoms with van der Waals surface area (Å²) in [4.78, 5) is 97.6. The Balaban J connectivity index is 1.84. The van der Waals surface area contributed by atoms with Gasteiger partial charge in [-0.05, 0) is 101 Å². The number of amides is 6. The third-order valence-corrected chi connectivity index (χ3v) is 12.4. The molecule has 1 aliphatic carbocycles. The van der Waals surface area contributed by atoms with Crippen LogP contribution >= 0.6 is 0 Å². The Labute approximate surface area is 364 Å². The predicted octanol–water partition coefficient (Wildman–Crippen LogP) is 2.54. The van der Waals surface area contributed by atoms with Crippen LogP contribution in [0.2, 0.25) is 0 Å². The number of ketones is 1. The lowest BCUT2D eigenvalue weighted by molar-refractivity contribution is -0.144. The monoisotopic (exact) mass is 853 g/mol. The molecular formula is C46H76N8O7. The molecule has 15 nitrogen and oxygen atoms in total. The van der Waals surface area contributed by atoms with Gasteiger partial charge < -0.3 is 42.1 Å². The molecule has 1 aromatic carbocycles. The number of Topliss-reactive ketones (excluding diaryl/α,β-unsaturated/α-hetero) is 1. The lowest BCUT2D eigenvalue weighted by Crippen LogP contribution is -2.60. The van der Waals surface area contributed by atoms with Gasteiger partial charge in [-0.25, -0.2) is 0 Å². The van der Waals surface area contributed by atoms with Gasteiger partial charge >= 0.3 is 0 Å². The standard InChI is InChI=1S/C46H76N8O7/c1-26(2)27(3)49-43(60)37(45(6,7)8)52-41(58)35(51-39(56)28(4)47-12)21-20-34(55)22-30-23-36(42(59)50-33-19-18-31-16-14-15-17-32(31)24-33)54(25-30)44(61)38(46(9,10)11)53-40(57)29(5)48-13/h14-17,26-30,33,35-38,47-48H,18-25H2,1-13H3,(H,49,60)(H,50,59)(H,51,56)(H,52,58)(H,53,57)/t27-,28-,29-,30-,33+,35-,36?,37+,38+/m0/s1. The first-order valence-electron chi connectivity index (χ1n) is 22.1. The summed E-state index contributed by atoms with van der Waals surface area (Å²) in [6.07, 6.45) is 2.41. The maximum Gasteiger partial charge on any atom is 0.246 e. The Bertz CT molecular complexity index is 1720. The van der Waals surface area contributed by atoms with E-state index in [4.69, 9.17) is 0 Å². The van der Waals surface area contributed by atoms with Crippen molar-refractivity contribution in [1.82, 2.24) is 42.1 Å². The number of carbonyl (C=O) groups excluding carboxylic acids is 7. The van der Waals surface area contributed by atoms with Crippen molar-refractivity contribution >= 4 is 41.2 Å². The summed E-state index contributed by atoms with van der Waals surface area (Å²) in [6, 6.07) is 2.85. The minimum absolute atomic E-state index is 0.0298. The highest BCUT2D eigenvalue weighted by atomic mass is 16.2. The van der Waals surface area contributed by atoms with Crippen molar-refractivity contribution in [3.8, 4) is 0 Å². The first-order valence-corrected chi connectivity index (χ1v) is 22.1. The third-order valence-electron chi connectivity index (χ3n) is 12.4. The Morgan fingerprint density at radius 3 is 1.84 bits per heavy atom. The average Bonchev–Trinajstić information content (AvgIpc) is 3.61. The molecule has 0 bridgehead atoms. The van der Waals surface area contributed by atoms with E-state index in [2.05, 4.69) is 49.4 Å². The van der Waals surface area contributed by atoms with Crippen LogP contribution in [0.5, 0.6) is 0 Å². The largest absolute Gasteiger partial charge is 0.352 e. The summed E-state index contributed by atoms with van der Waals surface area (Å²) in [7, 11) is 3.28. The van der Waals surface area contributed by atoms with Crippen LogP contribution in [-0.4, -0.2) is 115 Å². The summed E-state index contributed by atoms with van der Waals surface area (Å²) in [5.41, 5.74) is 1.06. The zero-order chi connectivity index (χ0) is 46.0. The lowest BCUT2D eigenvalue weighted by Gasteiger charge is -2.36. The number of aryl methyl sites for hydroxylation is 1. The summed E-state index contributed by atoms with van der Waals surface area (Å²) < 4.78 is 0. The van der Waals surface area contributed by atoms with Crippen molar-refractivity contribution in [1.29, 1.82) is 0 Å². The van der Waals surface area contributed by atoms with E-state index in [-0.39, 0.29) is 79.7 Å². The molecule has 9 atom stereocenters. The van der Waals surface area contributed by atoms with Crippen LogP contribution in [0.1, 0.15) is 119 Å². The predicted molar refractivity (Wildman–Crippen MR) is 237 cm³/mol. The number of hydrogen-bond acceptors (Lipinski definition) is 9. The molecule has 0 spiro atoms. The normalized spacial score (nSPS) is 20.9. The van der Waals surface area contributed by atoms with E-state index in [1.54, 1.807) is 27.9 Å². The van der Waals surface area contributed by atoms with Crippen LogP contribution in [0, 0.1) is 22.7 Å². The number of rotatable bonds is 19. The SMILES string of the molecule is CN[C@@H](C)C(=O)N[C@@H](CCC(=O)C[C@H]1CC(C(=O)N[C@@H]2CCc3ccccc3C2)N(C(=O)[C@@H](NC(=O)[C@H](C)NC)C(C)(C)C)C1)C(=O)N[C@H](C(=O)N[C@@H](C)C(C)C)C(C)(C)C. The number of likely N-dealkylation sites (tertiary alicyclic amines) is 1. The zero-order valence-electron chi connectivity index (χ0n) is 39.0. The van der Waals surface area contributed by atoms with Gasteiger partial charge in [0.15, 0.2) is 0 Å². The van der Waals surface area contributed by atoms with Crippen LogP contribution in [0.3, 0.4) is 0 Å². The van der Waals surface area contributed by atoms with Gasteiger partial charge in [0.25, 0.3) is 0 Å². The smallest absolute Gasteiger partial charge is 0.246 e. The van der Waals surface area contributed by atoms with Crippen molar-refractivity contribution in [3.63, 3.8) is 0 Å². The van der Waals surface area contributed by atoms with E-state index in [9.17, 15) is 33.6 Å². The van der Waals surface area contributed by atoms with Crippen molar-refractivity contribution in [3.05, 3.63) is 35.4 Å². The van der Waals surface area contributed by atoms with Gasteiger partial charge in [0, 0.05) is 31.5 Å². The fourth-order valence-electron chi connectivity index (χ4n) is 7.71. The second kappa shape index (κ2) is 22.1. The van der Waals surface area contributed by atoms with Crippen molar-refractivity contribution in [2.45, 2.75) is 169 Å². The zero-order valence-corrected chi connectivity index (χ0v) is 39.0. The van der Waals surface area contributed by atoms with Crippen LogP contribution in [0.25, 0.3) is 0 Å². The minimum Gasteiger partial charge on any atom is -0.352 e. The highest BCUT2D eigenvalue weighted by Crippen LogP contribution is 2.32. The number of fused-ring (bicyclic) bond motifs is 1. The molecule has 1 aromatic rings. The second-order valence-electron chi connectivity index (χ2n) is 19.8. The molecular weight excluding hydrogens is 777 g/mol. The summed E-state index contributed by atoms with van der Waals surface area (Å²) in [5, 5.41) is 20.5. The van der Waals surface area contributed by atoms with Crippen LogP contribution in [0.15, 0.2) is 24.3 Å². The molecule has 15 heteroatoms. The van der Waals surface area contributed by atoms with Crippen molar-refractivity contribution in [2.75, 3.05) is 20.6 Å². The molecule has 2 aliphatic rings.